The van der Waals surface area contributed by atoms with E-state index in [0.29, 0.717) is 17.7 Å². The fourth-order valence-electron chi connectivity index (χ4n) is 2.36. The van der Waals surface area contributed by atoms with Crippen molar-refractivity contribution in [2.75, 3.05) is 0 Å². The second kappa shape index (κ2) is 3.96. The van der Waals surface area contributed by atoms with E-state index in [-0.39, 0.29) is 5.06 Å². The van der Waals surface area contributed by atoms with Crippen molar-refractivity contribution in [3.05, 3.63) is 70.6 Å². The van der Waals surface area contributed by atoms with Gasteiger partial charge in [0, 0.05) is 17.2 Å². The zero-order valence-electron chi connectivity index (χ0n) is 9.26. The molecule has 0 radical (unpaired) electrons. The molecule has 1 heterocycles. The molecule has 2 aliphatic rings. The Morgan fingerprint density at radius 3 is 3.00 bits per heavy atom. The topological polar surface area (TPSA) is 47.7 Å². The van der Waals surface area contributed by atoms with Crippen molar-refractivity contribution < 1.29 is 10.2 Å². The summed E-state index contributed by atoms with van der Waals surface area (Å²) in [5, 5.41) is 22.4. The van der Waals surface area contributed by atoms with E-state index in [1.54, 1.807) is 12.3 Å². The molecule has 3 rings (SSSR count). The second-order valence-electron chi connectivity index (χ2n) is 4.28. The lowest BCUT2D eigenvalue weighted by molar-refractivity contribution is -0.715. The first-order valence-electron chi connectivity index (χ1n) is 5.66. The summed E-state index contributed by atoms with van der Waals surface area (Å²) in [6.45, 7) is 0. The molecule has 1 aromatic rings. The monoisotopic (exact) mass is 227 g/mol. The molecule has 1 aliphatic carbocycles. The molecule has 1 aliphatic heterocycles. The molecule has 3 nitrogen and oxygen atoms in total. The summed E-state index contributed by atoms with van der Waals surface area (Å²) in [6, 6.07) is 7.25. The molecule has 0 spiro atoms. The van der Waals surface area contributed by atoms with Gasteiger partial charge in [0.2, 0.25) is 0 Å². The highest BCUT2D eigenvalue weighted by Gasteiger charge is 2.26. The summed E-state index contributed by atoms with van der Waals surface area (Å²) in [5.41, 5.74) is 3.06. The van der Waals surface area contributed by atoms with Crippen LogP contribution < -0.4 is 5.06 Å². The van der Waals surface area contributed by atoms with Gasteiger partial charge in [-0.3, -0.25) is 0 Å². The van der Waals surface area contributed by atoms with Gasteiger partial charge in [-0.05, 0) is 12.0 Å². The number of allylic oxidation sites excluding steroid dienone is 3. The number of hydrogen-bond acceptors (Lipinski definition) is 2. The Hall–Kier alpha value is -1.68. The first-order valence-corrected chi connectivity index (χ1v) is 5.66. The zero-order chi connectivity index (χ0) is 11.8. The Bertz CT molecular complexity index is 543. The van der Waals surface area contributed by atoms with E-state index < -0.39 is 6.10 Å². The van der Waals surface area contributed by atoms with Crippen molar-refractivity contribution >= 4 is 5.69 Å². The first kappa shape index (κ1) is 10.5. The second-order valence-corrected chi connectivity index (χ2v) is 4.28. The number of hydrogen-bond donors (Lipinski definition) is 2. The number of aliphatic hydroxyl groups is 1. The van der Waals surface area contributed by atoms with Gasteiger partial charge in [0.05, 0.1) is 0 Å². The van der Waals surface area contributed by atoms with Crippen LogP contribution in [0, 0.1) is 5.21 Å². The van der Waals surface area contributed by atoms with Gasteiger partial charge >= 0.3 is 0 Å². The van der Waals surface area contributed by atoms with Crippen LogP contribution in [0.5, 0.6) is 0 Å². The van der Waals surface area contributed by atoms with Crippen LogP contribution in [0.25, 0.3) is 0 Å². The molecule has 86 valence electrons. The maximum atomic E-state index is 12.1. The van der Waals surface area contributed by atoms with Crippen LogP contribution in [0.15, 0.2) is 59.8 Å². The Labute approximate surface area is 99.6 Å². The molecule has 3 heteroatoms. The molecular formula is C14H13NO2. The van der Waals surface area contributed by atoms with E-state index in [1.165, 1.54) is 0 Å². The molecule has 0 fully saturated rings. The van der Waals surface area contributed by atoms with Gasteiger partial charge in [-0.25, -0.2) is 0 Å². The normalized spacial score (nSPS) is 26.5. The quantitative estimate of drug-likeness (QED) is 0.660. The van der Waals surface area contributed by atoms with Crippen LogP contribution in [0.1, 0.15) is 18.1 Å². The Morgan fingerprint density at radius 2 is 2.12 bits per heavy atom. The van der Waals surface area contributed by atoms with E-state index in [1.807, 2.05) is 36.4 Å². The van der Waals surface area contributed by atoms with Crippen molar-refractivity contribution in [3.63, 3.8) is 0 Å². The largest absolute Gasteiger partial charge is 0.624 e. The van der Waals surface area contributed by atoms with Crippen LogP contribution in [0.3, 0.4) is 0 Å². The van der Waals surface area contributed by atoms with Gasteiger partial charge in [0.15, 0.2) is 0 Å². The number of aliphatic hydroxyl groups excluding tert-OH is 1. The summed E-state index contributed by atoms with van der Waals surface area (Å²) in [5.74, 6) is 0. The number of fused-ring (bicyclic) bond motifs is 2. The third-order valence-corrected chi connectivity index (χ3v) is 3.24. The molecule has 0 bridgehead atoms. The van der Waals surface area contributed by atoms with E-state index >= 15 is 0 Å². The standard InChI is InChI=1S/C14H13NO2/c16-14-11-6-2-1-5-10(11)9-15(17)13-8-4-3-7-12(13)14/h1-4,6-9,14-16H,5H2. The van der Waals surface area contributed by atoms with Crippen molar-refractivity contribution in [3.8, 4) is 0 Å². The van der Waals surface area contributed by atoms with Gasteiger partial charge in [-0.15, -0.1) is 0 Å². The van der Waals surface area contributed by atoms with Crippen LogP contribution in [-0.2, 0) is 0 Å². The van der Waals surface area contributed by atoms with Gasteiger partial charge in [-0.2, -0.15) is 0 Å². The van der Waals surface area contributed by atoms with Gasteiger partial charge < -0.3 is 15.4 Å². The lowest BCUT2D eigenvalue weighted by Gasteiger charge is -2.18. The molecule has 2 unspecified atom stereocenters. The van der Waals surface area contributed by atoms with Gasteiger partial charge in [0.25, 0.3) is 0 Å². The Balaban J connectivity index is 2.20. The van der Waals surface area contributed by atoms with Crippen molar-refractivity contribution in [2.45, 2.75) is 12.5 Å². The maximum Gasteiger partial charge on any atom is 0.142 e. The van der Waals surface area contributed by atoms with E-state index in [4.69, 9.17) is 0 Å². The number of benzene rings is 1. The predicted octanol–water partition coefficient (Wildman–Crippen LogP) is 1.52. The van der Waals surface area contributed by atoms with Crippen LogP contribution >= 0.6 is 0 Å². The third-order valence-electron chi connectivity index (χ3n) is 3.24. The minimum atomic E-state index is -0.700. The van der Waals surface area contributed by atoms with Crippen LogP contribution in [-0.4, -0.2) is 5.11 Å². The number of hydroxylamine groups is 1. The van der Waals surface area contributed by atoms with Gasteiger partial charge in [0.1, 0.15) is 18.0 Å². The zero-order valence-corrected chi connectivity index (χ0v) is 9.26. The summed E-state index contributed by atoms with van der Waals surface area (Å²) in [7, 11) is 0. The van der Waals surface area contributed by atoms with Crippen LogP contribution in [0.4, 0.5) is 5.69 Å². The molecule has 0 saturated carbocycles. The summed E-state index contributed by atoms with van der Waals surface area (Å²) < 4.78 is 0. The van der Waals surface area contributed by atoms with Crippen LogP contribution in [0.2, 0.25) is 0 Å². The highest BCUT2D eigenvalue weighted by atomic mass is 16.5. The average Bonchev–Trinajstić information content (AvgIpc) is 2.48. The smallest absolute Gasteiger partial charge is 0.142 e. The highest BCUT2D eigenvalue weighted by Crippen LogP contribution is 2.35. The summed E-state index contributed by atoms with van der Waals surface area (Å²) in [6.07, 6.45) is 7.45. The molecule has 0 aromatic heterocycles. The molecule has 17 heavy (non-hydrogen) atoms. The molecule has 2 atom stereocenters. The minimum Gasteiger partial charge on any atom is -0.624 e. The molecule has 0 saturated heterocycles. The van der Waals surface area contributed by atoms with Crippen molar-refractivity contribution in [1.82, 2.24) is 0 Å². The SMILES string of the molecule is [O-][NH+]1C=C2CC=CC=C2C(O)c2ccccc21. The predicted molar refractivity (Wildman–Crippen MR) is 65.3 cm³/mol. The molecular weight excluding hydrogens is 214 g/mol. The number of nitrogens with one attached hydrogen (secondary N) is 1. The average molecular weight is 227 g/mol. The van der Waals surface area contributed by atoms with Gasteiger partial charge in [-0.1, -0.05) is 36.4 Å². The third kappa shape index (κ3) is 1.65. The van der Waals surface area contributed by atoms with Crippen molar-refractivity contribution in [1.29, 1.82) is 0 Å². The number of para-hydroxylation sites is 1. The molecule has 0 amide bonds. The molecule has 2 N–H and O–H groups in total. The van der Waals surface area contributed by atoms with Crippen molar-refractivity contribution in [2.24, 2.45) is 0 Å². The lowest BCUT2D eigenvalue weighted by atomic mass is 9.91. The highest BCUT2D eigenvalue weighted by molar-refractivity contribution is 5.52. The Morgan fingerprint density at radius 1 is 1.29 bits per heavy atom. The molecule has 1 aromatic carbocycles. The van der Waals surface area contributed by atoms with E-state index in [2.05, 4.69) is 0 Å². The first-order chi connectivity index (χ1) is 8.27. The minimum absolute atomic E-state index is 0.0200. The lowest BCUT2D eigenvalue weighted by Crippen LogP contribution is -2.97. The summed E-state index contributed by atoms with van der Waals surface area (Å²) in [4.78, 5) is 0. The van der Waals surface area contributed by atoms with E-state index in [0.717, 1.165) is 11.1 Å². The fraction of sp³-hybridized carbons (Fsp3) is 0.143. The Kier molecular flexibility index (Phi) is 2.44. The number of quaternary nitrogens is 1. The summed E-state index contributed by atoms with van der Waals surface area (Å²) >= 11 is 0. The number of rotatable bonds is 0. The fourth-order valence-corrected chi connectivity index (χ4v) is 2.36. The van der Waals surface area contributed by atoms with E-state index in [9.17, 15) is 10.3 Å². The maximum absolute atomic E-state index is 12.1.